The highest BCUT2D eigenvalue weighted by Crippen LogP contribution is 2.33. The molecule has 0 spiro atoms. The third-order valence-electron chi connectivity index (χ3n) is 3.18. The van der Waals surface area contributed by atoms with E-state index in [1.807, 2.05) is 6.07 Å². The fraction of sp³-hybridized carbons (Fsp3) is 0.250. The molecule has 0 radical (unpaired) electrons. The van der Waals surface area contributed by atoms with Crippen molar-refractivity contribution in [3.05, 3.63) is 40.3 Å². The van der Waals surface area contributed by atoms with Gasteiger partial charge in [-0.2, -0.15) is 5.26 Å². The Morgan fingerprint density at radius 2 is 2.04 bits per heavy atom. The summed E-state index contributed by atoms with van der Waals surface area (Å²) in [6, 6.07) is 7.65. The molecule has 118 valence electrons. The second-order valence-electron chi connectivity index (χ2n) is 4.71. The topological polar surface area (TPSA) is 87.5 Å². The minimum atomic E-state index is -0.964. The molecule has 1 aliphatic heterocycles. The van der Waals surface area contributed by atoms with Crippen LogP contribution >= 0.6 is 11.8 Å². The second kappa shape index (κ2) is 7.11. The molecule has 1 fully saturated rings. The molecule has 0 aromatic heterocycles. The molecule has 1 aliphatic rings. The van der Waals surface area contributed by atoms with Crippen LogP contribution in [0.3, 0.4) is 0 Å². The van der Waals surface area contributed by atoms with Crippen molar-refractivity contribution in [2.45, 2.75) is 19.9 Å². The van der Waals surface area contributed by atoms with Gasteiger partial charge >= 0.3 is 5.97 Å². The number of nitrogens with zero attached hydrogens (tertiary/aromatic N) is 2. The van der Waals surface area contributed by atoms with Gasteiger partial charge < -0.3 is 4.74 Å². The van der Waals surface area contributed by atoms with E-state index < -0.39 is 23.2 Å². The Morgan fingerprint density at radius 3 is 2.61 bits per heavy atom. The van der Waals surface area contributed by atoms with Gasteiger partial charge in [0, 0.05) is 0 Å². The molecule has 0 aliphatic carbocycles. The lowest BCUT2D eigenvalue weighted by molar-refractivity contribution is -0.150. The van der Waals surface area contributed by atoms with Crippen LogP contribution in [-0.2, 0) is 14.3 Å². The average Bonchev–Trinajstić information content (AvgIpc) is 2.81. The van der Waals surface area contributed by atoms with Crippen LogP contribution in [0.1, 0.15) is 25.0 Å². The van der Waals surface area contributed by atoms with Gasteiger partial charge in [-0.15, -0.1) is 0 Å². The second-order valence-corrected chi connectivity index (χ2v) is 5.71. The number of esters is 1. The van der Waals surface area contributed by atoms with Gasteiger partial charge in [0.15, 0.2) is 0 Å². The van der Waals surface area contributed by atoms with E-state index in [1.165, 1.54) is 6.92 Å². The zero-order chi connectivity index (χ0) is 17.0. The summed E-state index contributed by atoms with van der Waals surface area (Å²) in [6.45, 7) is 3.29. The van der Waals surface area contributed by atoms with Gasteiger partial charge in [-0.25, -0.2) is 4.79 Å². The molecule has 0 bridgehead atoms. The first kappa shape index (κ1) is 16.8. The molecule has 0 saturated carbocycles. The quantitative estimate of drug-likeness (QED) is 0.623. The van der Waals surface area contributed by atoms with Gasteiger partial charge in [-0.05, 0) is 49.4 Å². The minimum Gasteiger partial charge on any atom is -0.464 e. The van der Waals surface area contributed by atoms with E-state index in [0.717, 1.165) is 16.7 Å². The highest BCUT2D eigenvalue weighted by molar-refractivity contribution is 8.18. The molecule has 1 saturated heterocycles. The molecule has 1 heterocycles. The van der Waals surface area contributed by atoms with Crippen LogP contribution in [0.2, 0.25) is 0 Å². The van der Waals surface area contributed by atoms with E-state index in [4.69, 9.17) is 10.00 Å². The fourth-order valence-corrected chi connectivity index (χ4v) is 2.90. The number of nitriles is 1. The van der Waals surface area contributed by atoms with Crippen molar-refractivity contribution in [3.8, 4) is 6.07 Å². The smallest absolute Gasteiger partial charge is 0.329 e. The number of hydrogen-bond acceptors (Lipinski definition) is 6. The summed E-state index contributed by atoms with van der Waals surface area (Å²) in [7, 11) is 0. The summed E-state index contributed by atoms with van der Waals surface area (Å²) >= 11 is 0.776. The van der Waals surface area contributed by atoms with Crippen molar-refractivity contribution >= 4 is 35.0 Å². The highest BCUT2D eigenvalue weighted by atomic mass is 32.2. The van der Waals surface area contributed by atoms with E-state index in [9.17, 15) is 14.4 Å². The van der Waals surface area contributed by atoms with Crippen LogP contribution in [0.5, 0.6) is 0 Å². The van der Waals surface area contributed by atoms with Gasteiger partial charge in [-0.1, -0.05) is 12.1 Å². The van der Waals surface area contributed by atoms with Crippen molar-refractivity contribution in [3.63, 3.8) is 0 Å². The maximum Gasteiger partial charge on any atom is 0.329 e. The summed E-state index contributed by atoms with van der Waals surface area (Å²) in [5.74, 6) is -1.14. The van der Waals surface area contributed by atoms with Crippen molar-refractivity contribution in [1.29, 1.82) is 5.26 Å². The average molecular weight is 330 g/mol. The van der Waals surface area contributed by atoms with Crippen LogP contribution in [-0.4, -0.2) is 34.7 Å². The Balaban J connectivity index is 2.21. The van der Waals surface area contributed by atoms with Crippen molar-refractivity contribution < 1.29 is 19.1 Å². The largest absolute Gasteiger partial charge is 0.464 e. The van der Waals surface area contributed by atoms with E-state index in [1.54, 1.807) is 37.3 Å². The molecule has 7 heteroatoms. The van der Waals surface area contributed by atoms with Crippen molar-refractivity contribution in [2.75, 3.05) is 6.61 Å². The molecule has 1 aromatic rings. The zero-order valence-corrected chi connectivity index (χ0v) is 13.4. The summed E-state index contributed by atoms with van der Waals surface area (Å²) in [4.78, 5) is 37.2. The number of amides is 2. The van der Waals surface area contributed by atoms with E-state index in [2.05, 4.69) is 0 Å². The standard InChI is InChI=1S/C16H14N2O4S/c1-3-22-15(20)10(2)18-14(19)13(23-16(18)21)8-11-4-6-12(9-17)7-5-11/h4-8,10H,3H2,1-2H3/b13-8+/t10-/m1/s1. The Morgan fingerprint density at radius 1 is 1.39 bits per heavy atom. The molecule has 0 N–H and O–H groups in total. The molecule has 0 unspecified atom stereocenters. The molecule has 2 amide bonds. The normalized spacial score (nSPS) is 17.3. The SMILES string of the molecule is CCOC(=O)[C@@H](C)N1C(=O)S/C(=C/c2ccc(C#N)cc2)C1=O. The van der Waals surface area contributed by atoms with Gasteiger partial charge in [0.2, 0.25) is 0 Å². The number of carbonyl (C=O) groups is 3. The molecule has 23 heavy (non-hydrogen) atoms. The molecular weight excluding hydrogens is 316 g/mol. The zero-order valence-electron chi connectivity index (χ0n) is 12.6. The Bertz CT molecular complexity index is 719. The predicted molar refractivity (Wildman–Crippen MR) is 85.1 cm³/mol. The molecule has 1 aromatic carbocycles. The highest BCUT2D eigenvalue weighted by Gasteiger charge is 2.41. The lowest BCUT2D eigenvalue weighted by Gasteiger charge is -2.19. The van der Waals surface area contributed by atoms with Crippen LogP contribution in [0.15, 0.2) is 29.2 Å². The van der Waals surface area contributed by atoms with Crippen LogP contribution < -0.4 is 0 Å². The number of benzene rings is 1. The first-order valence-electron chi connectivity index (χ1n) is 6.91. The van der Waals surface area contributed by atoms with Gasteiger partial charge in [0.05, 0.1) is 23.1 Å². The third kappa shape index (κ3) is 3.60. The van der Waals surface area contributed by atoms with Crippen molar-refractivity contribution in [1.82, 2.24) is 4.90 Å². The van der Waals surface area contributed by atoms with Crippen molar-refractivity contribution in [2.24, 2.45) is 0 Å². The Hall–Kier alpha value is -2.59. The molecule has 1 atom stereocenters. The lowest BCUT2D eigenvalue weighted by atomic mass is 10.1. The van der Waals surface area contributed by atoms with Gasteiger partial charge in [0.25, 0.3) is 11.1 Å². The monoisotopic (exact) mass is 330 g/mol. The summed E-state index contributed by atoms with van der Waals surface area (Å²) in [6.07, 6.45) is 1.56. The van der Waals surface area contributed by atoms with E-state index in [-0.39, 0.29) is 11.5 Å². The molecular formula is C16H14N2O4S. The number of rotatable bonds is 4. The Kier molecular flexibility index (Phi) is 5.19. The van der Waals surface area contributed by atoms with Crippen LogP contribution in [0.25, 0.3) is 6.08 Å². The third-order valence-corrected chi connectivity index (χ3v) is 4.06. The first-order chi connectivity index (χ1) is 11.0. The maximum absolute atomic E-state index is 12.3. The lowest BCUT2D eigenvalue weighted by Crippen LogP contribution is -2.42. The van der Waals surface area contributed by atoms with Crippen LogP contribution in [0, 0.1) is 11.3 Å². The van der Waals surface area contributed by atoms with Gasteiger partial charge in [-0.3, -0.25) is 14.5 Å². The predicted octanol–water partition coefficient (Wildman–Crippen LogP) is 2.55. The molecule has 6 nitrogen and oxygen atoms in total. The summed E-state index contributed by atoms with van der Waals surface area (Å²) in [5, 5.41) is 8.26. The summed E-state index contributed by atoms with van der Waals surface area (Å²) < 4.78 is 4.85. The number of hydrogen-bond donors (Lipinski definition) is 0. The minimum absolute atomic E-state index is 0.181. The number of ether oxygens (including phenoxy) is 1. The van der Waals surface area contributed by atoms with Crippen LogP contribution in [0.4, 0.5) is 4.79 Å². The number of thioether (sulfide) groups is 1. The fourth-order valence-electron chi connectivity index (χ4n) is 1.99. The summed E-state index contributed by atoms with van der Waals surface area (Å²) in [5.41, 5.74) is 1.20. The number of carbonyl (C=O) groups excluding carboxylic acids is 3. The molecule has 2 rings (SSSR count). The number of imide groups is 1. The first-order valence-corrected chi connectivity index (χ1v) is 7.73. The van der Waals surface area contributed by atoms with Gasteiger partial charge in [0.1, 0.15) is 6.04 Å². The maximum atomic E-state index is 12.3. The Labute approximate surface area is 137 Å². The van der Waals surface area contributed by atoms with E-state index in [0.29, 0.717) is 11.1 Å². The van der Waals surface area contributed by atoms with E-state index >= 15 is 0 Å².